The number of rotatable bonds is 2. The van der Waals surface area contributed by atoms with Gasteiger partial charge >= 0.3 is 13.3 Å². The summed E-state index contributed by atoms with van der Waals surface area (Å²) in [5, 5.41) is 0.529. The topological polar surface area (TPSA) is 57.5 Å². The molecule has 0 radical (unpaired) electrons. The number of benzene rings is 1. The molecule has 0 aliphatic heterocycles. The lowest BCUT2D eigenvalue weighted by atomic mass is 10.2. The minimum Gasteiger partial charge on any atom is -0.320 e. The number of fused-ring (bicyclic) bond motifs is 1. The van der Waals surface area contributed by atoms with Crippen LogP contribution >= 0.6 is 34.9 Å². The predicted octanol–water partition coefficient (Wildman–Crippen LogP) is 3.89. The molecule has 2 aromatic rings. The van der Waals surface area contributed by atoms with Crippen molar-refractivity contribution in [1.29, 1.82) is 0 Å². The molecule has 2 N–H and O–H groups in total. The zero-order valence-corrected chi connectivity index (χ0v) is 11.4. The Morgan fingerprint density at radius 1 is 1.29 bits per heavy atom. The van der Waals surface area contributed by atoms with Gasteiger partial charge in [0.15, 0.2) is 0 Å². The van der Waals surface area contributed by atoms with Gasteiger partial charge in [-0.3, -0.25) is 4.57 Å². The zero-order valence-electron chi connectivity index (χ0n) is 8.10. The summed E-state index contributed by atoms with van der Waals surface area (Å²) in [4.78, 5) is 16.6. The van der Waals surface area contributed by atoms with Crippen molar-refractivity contribution in [1.82, 2.24) is 0 Å². The van der Waals surface area contributed by atoms with E-state index in [0.29, 0.717) is 21.4 Å². The molecule has 0 atom stereocenters. The molecule has 1 aromatic heterocycles. The summed E-state index contributed by atoms with van der Waals surface area (Å²) in [6.07, 6.45) is 0. The summed E-state index contributed by atoms with van der Waals surface area (Å²) >= 11 is 3.87. The van der Waals surface area contributed by atoms with E-state index in [1.807, 2.05) is 0 Å². The normalized spacial score (nSPS) is 13.2. The maximum Gasteiger partial charge on any atom is 0.400 e. The first-order valence-electron chi connectivity index (χ1n) is 4.35. The van der Waals surface area contributed by atoms with Gasteiger partial charge in [0.25, 0.3) is 0 Å². The van der Waals surface area contributed by atoms with Crippen molar-refractivity contribution in [3.63, 3.8) is 0 Å². The average Bonchev–Trinajstić information content (AvgIpc) is 2.58. The van der Waals surface area contributed by atoms with Gasteiger partial charge in [0.1, 0.15) is 0 Å². The van der Waals surface area contributed by atoms with Gasteiger partial charge in [-0.1, -0.05) is 22.0 Å². The summed E-state index contributed by atoms with van der Waals surface area (Å²) < 4.78 is 38.9. The van der Waals surface area contributed by atoms with Crippen molar-refractivity contribution in [2.75, 3.05) is 0 Å². The molecule has 0 spiro atoms. The molecule has 0 bridgehead atoms. The molecule has 2 rings (SSSR count). The van der Waals surface area contributed by atoms with Crippen molar-refractivity contribution in [3.05, 3.63) is 33.6 Å². The molecule has 0 aliphatic carbocycles. The first-order valence-corrected chi connectivity index (χ1v) is 7.57. The van der Waals surface area contributed by atoms with Crippen LogP contribution in [0.2, 0.25) is 0 Å². The van der Waals surface area contributed by atoms with Crippen LogP contribution in [0.3, 0.4) is 0 Å². The molecule has 0 unspecified atom stereocenters. The van der Waals surface area contributed by atoms with Crippen LogP contribution in [0, 0.1) is 0 Å². The van der Waals surface area contributed by atoms with Gasteiger partial charge in [-0.05, 0) is 23.6 Å². The first kappa shape index (κ1) is 13.1. The van der Waals surface area contributed by atoms with E-state index in [1.165, 1.54) is 0 Å². The third-order valence-electron chi connectivity index (χ3n) is 2.14. The Kier molecular flexibility index (Phi) is 3.16. The fourth-order valence-corrected chi connectivity index (χ4v) is 3.63. The minimum absolute atomic E-state index is 0.529. The van der Waals surface area contributed by atoms with Crippen LogP contribution in [0.1, 0.15) is 4.88 Å². The monoisotopic (exact) mass is 342 g/mol. The second kappa shape index (κ2) is 4.10. The first-order chi connectivity index (χ1) is 7.72. The second-order valence-electron chi connectivity index (χ2n) is 3.38. The van der Waals surface area contributed by atoms with Crippen LogP contribution in [0.4, 0.5) is 8.78 Å². The molecular weight excluding hydrogens is 337 g/mol. The Labute approximate surface area is 107 Å². The van der Waals surface area contributed by atoms with E-state index in [-0.39, 0.29) is 0 Å². The van der Waals surface area contributed by atoms with Gasteiger partial charge in [-0.25, -0.2) is 0 Å². The predicted molar refractivity (Wildman–Crippen MR) is 65.5 cm³/mol. The van der Waals surface area contributed by atoms with E-state index in [2.05, 4.69) is 15.9 Å². The highest BCUT2D eigenvalue weighted by Crippen LogP contribution is 2.61. The molecule has 0 aliphatic rings. The molecule has 1 heterocycles. The lowest BCUT2D eigenvalue weighted by Crippen LogP contribution is -2.11. The van der Waals surface area contributed by atoms with E-state index in [9.17, 15) is 13.3 Å². The molecule has 0 saturated heterocycles. The third-order valence-corrected chi connectivity index (χ3v) is 4.93. The quantitative estimate of drug-likeness (QED) is 0.814. The largest absolute Gasteiger partial charge is 0.400 e. The van der Waals surface area contributed by atoms with Gasteiger partial charge in [-0.2, -0.15) is 8.78 Å². The Balaban J connectivity index is 2.61. The summed E-state index contributed by atoms with van der Waals surface area (Å²) in [5.74, 6) is 0. The number of thiophene rings is 1. The van der Waals surface area contributed by atoms with Crippen molar-refractivity contribution in [2.24, 2.45) is 0 Å². The molecule has 3 nitrogen and oxygen atoms in total. The highest BCUT2D eigenvalue weighted by atomic mass is 79.9. The van der Waals surface area contributed by atoms with Gasteiger partial charge in [0.05, 0.1) is 4.88 Å². The molecule has 8 heteroatoms. The number of hydrogen-bond acceptors (Lipinski definition) is 2. The van der Waals surface area contributed by atoms with Crippen LogP contribution in [-0.2, 0) is 10.2 Å². The summed E-state index contributed by atoms with van der Waals surface area (Å²) in [6, 6.07) is 6.01. The molecule has 17 heavy (non-hydrogen) atoms. The third kappa shape index (κ3) is 2.30. The lowest BCUT2D eigenvalue weighted by molar-refractivity contribution is 0.0602. The molecule has 0 fully saturated rings. The number of alkyl halides is 2. The highest BCUT2D eigenvalue weighted by Gasteiger charge is 2.51. The average molecular weight is 343 g/mol. The van der Waals surface area contributed by atoms with Gasteiger partial charge in [0.2, 0.25) is 0 Å². The van der Waals surface area contributed by atoms with Gasteiger partial charge < -0.3 is 9.79 Å². The van der Waals surface area contributed by atoms with E-state index in [4.69, 9.17) is 9.79 Å². The fourth-order valence-electron chi connectivity index (χ4n) is 1.30. The standard InChI is InChI=1S/C9H6BrF2O3PS/c10-6-2-1-5-3-8(17-7(5)4-6)9(11,12)16(13,14)15/h1-4H,(H2,13,14,15). The molecule has 0 saturated carbocycles. The Bertz CT molecular complexity index is 622. The lowest BCUT2D eigenvalue weighted by Gasteiger charge is -2.15. The molecule has 0 amide bonds. The SMILES string of the molecule is O=P(O)(O)C(F)(F)c1cc2ccc(Br)cc2s1. The maximum atomic E-state index is 13.4. The summed E-state index contributed by atoms with van der Waals surface area (Å²) in [5.41, 5.74) is -4.14. The second-order valence-corrected chi connectivity index (χ2v) is 7.03. The minimum atomic E-state index is -5.49. The summed E-state index contributed by atoms with van der Waals surface area (Å²) in [7, 11) is -5.49. The van der Waals surface area contributed by atoms with E-state index in [0.717, 1.165) is 10.5 Å². The molecule has 92 valence electrons. The van der Waals surface area contributed by atoms with Crippen LogP contribution < -0.4 is 0 Å². The van der Waals surface area contributed by atoms with Gasteiger partial charge in [-0.15, -0.1) is 11.3 Å². The maximum absolute atomic E-state index is 13.4. The van der Waals surface area contributed by atoms with E-state index in [1.54, 1.807) is 18.2 Å². The van der Waals surface area contributed by atoms with Crippen LogP contribution in [-0.4, -0.2) is 9.79 Å². The van der Waals surface area contributed by atoms with Crippen LogP contribution in [0.15, 0.2) is 28.7 Å². The van der Waals surface area contributed by atoms with Crippen LogP contribution in [0.5, 0.6) is 0 Å². The molecule has 1 aromatic carbocycles. The van der Waals surface area contributed by atoms with Crippen LogP contribution in [0.25, 0.3) is 10.1 Å². The van der Waals surface area contributed by atoms with E-state index < -0.39 is 18.1 Å². The van der Waals surface area contributed by atoms with Crippen molar-refractivity contribution in [3.8, 4) is 0 Å². The molecular formula is C9H6BrF2O3PS. The zero-order chi connectivity index (χ0) is 12.8. The van der Waals surface area contributed by atoms with E-state index >= 15 is 0 Å². The summed E-state index contributed by atoms with van der Waals surface area (Å²) in [6.45, 7) is 0. The Morgan fingerprint density at radius 2 is 1.94 bits per heavy atom. The van der Waals surface area contributed by atoms with Crippen molar-refractivity contribution < 1.29 is 23.1 Å². The van der Waals surface area contributed by atoms with Crippen molar-refractivity contribution >= 4 is 44.9 Å². The fraction of sp³-hybridized carbons (Fsp3) is 0.111. The number of halogens is 3. The van der Waals surface area contributed by atoms with Gasteiger partial charge in [0, 0.05) is 9.17 Å². The Hall–Kier alpha value is -0.330. The van der Waals surface area contributed by atoms with Crippen molar-refractivity contribution in [2.45, 2.75) is 5.66 Å². The highest BCUT2D eigenvalue weighted by molar-refractivity contribution is 9.10. The smallest absolute Gasteiger partial charge is 0.320 e. The number of hydrogen-bond donors (Lipinski definition) is 2. The Morgan fingerprint density at radius 3 is 2.53 bits per heavy atom.